The fourth-order valence-electron chi connectivity index (χ4n) is 7.01. The second-order valence-corrected chi connectivity index (χ2v) is 15.0. The summed E-state index contributed by atoms with van der Waals surface area (Å²) in [6.45, 7) is 13.1. The third kappa shape index (κ3) is 10.2. The van der Waals surface area contributed by atoms with Crippen molar-refractivity contribution in [2.24, 2.45) is 11.8 Å². The van der Waals surface area contributed by atoms with Gasteiger partial charge >= 0.3 is 12.2 Å². The van der Waals surface area contributed by atoms with Crippen molar-refractivity contribution in [1.29, 1.82) is 0 Å². The Balaban J connectivity index is 1.34. The number of alkyl carbamates (subject to hydrolysis) is 2. The number of methoxy groups -OCH3 is 2. The molecule has 5 rings (SSSR count). The maximum Gasteiger partial charge on any atom is 0.407 e. The first-order chi connectivity index (χ1) is 27.9. The van der Waals surface area contributed by atoms with Gasteiger partial charge < -0.3 is 39.9 Å². The summed E-state index contributed by atoms with van der Waals surface area (Å²) in [5, 5.41) is 7.49. The molecule has 3 aromatic carbocycles. The first-order valence-electron chi connectivity index (χ1n) is 19.9. The number of aromatic amines is 2. The van der Waals surface area contributed by atoms with Crippen LogP contribution in [0.25, 0.3) is 44.4 Å². The van der Waals surface area contributed by atoms with Crippen LogP contribution < -0.4 is 10.6 Å². The quantitative estimate of drug-likeness (QED) is 0.0748. The lowest BCUT2D eigenvalue weighted by atomic mass is 9.93. The number of hydrogen-bond donors (Lipinski definition) is 4. The minimum absolute atomic E-state index is 0.128. The average Bonchev–Trinajstić information content (AvgIpc) is 3.90. The number of ether oxygens (including phenoxy) is 2. The number of nitrogens with zero attached hydrogens (tertiary/aromatic N) is 4. The molecule has 2 heterocycles. The first-order valence-corrected chi connectivity index (χ1v) is 19.9. The Morgan fingerprint density at radius 2 is 1.05 bits per heavy atom. The highest BCUT2D eigenvalue weighted by atomic mass is 16.5. The van der Waals surface area contributed by atoms with Crippen molar-refractivity contribution in [3.63, 3.8) is 0 Å². The van der Waals surface area contributed by atoms with E-state index in [1.165, 1.54) is 14.2 Å². The molecule has 0 fully saturated rings. The molecule has 14 heteroatoms. The van der Waals surface area contributed by atoms with Crippen LogP contribution in [0, 0.1) is 11.8 Å². The summed E-state index contributed by atoms with van der Waals surface area (Å²) in [5.74, 6) is 0.647. The second kappa shape index (κ2) is 19.8. The molecule has 2 unspecified atom stereocenters. The summed E-state index contributed by atoms with van der Waals surface area (Å²) in [6.07, 6.45) is 3.78. The number of imidazole rings is 2. The SMILES string of the molecule is CCCN(Cc1ncc(-c2ccc(-c3ccc(-c4cnc(CN(CCC)C(=O)C(NC(=O)OC)C(C)C)[nH]4)c4ccccc34)cc2)[nH]1)C(=O)C(NC(=O)OC)C(C)C. The average molecular weight is 793 g/mol. The maximum absolute atomic E-state index is 13.6. The van der Waals surface area contributed by atoms with Gasteiger partial charge in [-0.15, -0.1) is 0 Å². The number of benzene rings is 3. The van der Waals surface area contributed by atoms with Crippen LogP contribution in [0.3, 0.4) is 0 Å². The summed E-state index contributed by atoms with van der Waals surface area (Å²) >= 11 is 0. The van der Waals surface area contributed by atoms with Gasteiger partial charge in [0.1, 0.15) is 23.7 Å². The molecular formula is C44H56N8O6. The molecule has 0 saturated heterocycles. The summed E-state index contributed by atoms with van der Waals surface area (Å²) in [5.41, 5.74) is 5.71. The highest BCUT2D eigenvalue weighted by Gasteiger charge is 2.31. The van der Waals surface area contributed by atoms with Crippen molar-refractivity contribution in [2.75, 3.05) is 27.3 Å². The fourth-order valence-corrected chi connectivity index (χ4v) is 7.01. The second-order valence-electron chi connectivity index (χ2n) is 15.0. The Morgan fingerprint density at radius 3 is 1.52 bits per heavy atom. The molecule has 2 atom stereocenters. The first kappa shape index (κ1) is 43.0. The fraction of sp³-hybridized carbons (Fsp3) is 0.409. The van der Waals surface area contributed by atoms with Gasteiger partial charge in [0, 0.05) is 18.7 Å². The molecule has 0 aliphatic carbocycles. The lowest BCUT2D eigenvalue weighted by molar-refractivity contribution is -0.135. The standard InChI is InChI=1S/C44H56N8O6/c1-9-21-51(41(53)39(27(3)4)49-43(55)57-7)25-37-45-23-35(47-37)30-17-15-29(16-18-30)31-19-20-34(33-14-12-11-13-32(31)33)36-24-46-38(48-36)26-52(22-10-2)42(54)40(28(5)6)50-44(56)58-8/h11-20,23-24,27-28,39-40H,9-10,21-22,25-26H2,1-8H3,(H,45,47)(H,46,48)(H,49,55)(H,50,56). The molecule has 14 nitrogen and oxygen atoms in total. The van der Waals surface area contributed by atoms with Gasteiger partial charge in [-0.25, -0.2) is 19.6 Å². The molecule has 58 heavy (non-hydrogen) atoms. The third-order valence-corrected chi connectivity index (χ3v) is 10.1. The molecule has 4 amide bonds. The molecular weight excluding hydrogens is 737 g/mol. The normalized spacial score (nSPS) is 12.3. The van der Waals surface area contributed by atoms with Gasteiger partial charge in [0.25, 0.3) is 0 Å². The van der Waals surface area contributed by atoms with E-state index in [-0.39, 0.29) is 36.7 Å². The van der Waals surface area contributed by atoms with Crippen LogP contribution in [-0.2, 0) is 32.2 Å². The van der Waals surface area contributed by atoms with Crippen LogP contribution in [0.15, 0.2) is 73.1 Å². The zero-order valence-corrected chi connectivity index (χ0v) is 34.7. The third-order valence-electron chi connectivity index (χ3n) is 10.1. The predicted octanol–water partition coefficient (Wildman–Crippen LogP) is 7.53. The van der Waals surface area contributed by atoms with Crippen molar-refractivity contribution in [3.05, 3.63) is 84.7 Å². The largest absolute Gasteiger partial charge is 0.453 e. The smallest absolute Gasteiger partial charge is 0.407 e. The maximum atomic E-state index is 13.6. The van der Waals surface area contributed by atoms with E-state index in [0.717, 1.165) is 57.3 Å². The number of fused-ring (bicyclic) bond motifs is 1. The highest BCUT2D eigenvalue weighted by molar-refractivity contribution is 6.04. The van der Waals surface area contributed by atoms with E-state index in [0.29, 0.717) is 24.7 Å². The summed E-state index contributed by atoms with van der Waals surface area (Å²) < 4.78 is 9.52. The number of aromatic nitrogens is 4. The lowest BCUT2D eigenvalue weighted by Crippen LogP contribution is -2.51. The number of hydrogen-bond acceptors (Lipinski definition) is 8. The molecule has 2 aromatic heterocycles. The van der Waals surface area contributed by atoms with Crippen LogP contribution in [0.4, 0.5) is 9.59 Å². The zero-order valence-electron chi connectivity index (χ0n) is 34.7. The molecule has 0 bridgehead atoms. The van der Waals surface area contributed by atoms with Crippen LogP contribution in [0.2, 0.25) is 0 Å². The van der Waals surface area contributed by atoms with Crippen molar-refractivity contribution in [2.45, 2.75) is 79.6 Å². The van der Waals surface area contributed by atoms with Crippen molar-refractivity contribution in [3.8, 4) is 33.6 Å². The molecule has 0 spiro atoms. The van der Waals surface area contributed by atoms with Gasteiger partial charge in [0.2, 0.25) is 11.8 Å². The monoisotopic (exact) mass is 792 g/mol. The van der Waals surface area contributed by atoms with Crippen LogP contribution >= 0.6 is 0 Å². The minimum atomic E-state index is -0.725. The lowest BCUT2D eigenvalue weighted by Gasteiger charge is -2.28. The molecule has 308 valence electrons. The highest BCUT2D eigenvalue weighted by Crippen LogP contribution is 2.36. The van der Waals surface area contributed by atoms with Gasteiger partial charge in [-0.2, -0.15) is 0 Å². The van der Waals surface area contributed by atoms with Gasteiger partial charge in [0.15, 0.2) is 0 Å². The van der Waals surface area contributed by atoms with Gasteiger partial charge in [-0.05, 0) is 52.1 Å². The van der Waals surface area contributed by atoms with E-state index in [9.17, 15) is 19.2 Å². The van der Waals surface area contributed by atoms with E-state index < -0.39 is 24.3 Å². The van der Waals surface area contributed by atoms with E-state index in [1.54, 1.807) is 22.2 Å². The Morgan fingerprint density at radius 1 is 0.621 bits per heavy atom. The van der Waals surface area contributed by atoms with Crippen molar-refractivity contribution < 1.29 is 28.7 Å². The summed E-state index contributed by atoms with van der Waals surface area (Å²) in [4.78, 5) is 70.6. The van der Waals surface area contributed by atoms with E-state index in [4.69, 9.17) is 9.47 Å². The Hall–Kier alpha value is -6.18. The Bertz CT molecular complexity index is 2180. The number of carbonyl (C=O) groups excluding carboxylic acids is 4. The molecule has 0 radical (unpaired) electrons. The summed E-state index contributed by atoms with van der Waals surface area (Å²) in [6, 6.07) is 19.3. The van der Waals surface area contributed by atoms with E-state index >= 15 is 0 Å². The molecule has 0 aliphatic rings. The van der Waals surface area contributed by atoms with Gasteiger partial charge in [-0.1, -0.05) is 102 Å². The van der Waals surface area contributed by atoms with Gasteiger partial charge in [-0.3, -0.25) is 9.59 Å². The Kier molecular flexibility index (Phi) is 14.7. The Labute approximate surface area is 340 Å². The van der Waals surface area contributed by atoms with Crippen LogP contribution in [0.5, 0.6) is 0 Å². The van der Waals surface area contributed by atoms with Crippen molar-refractivity contribution >= 4 is 34.8 Å². The number of rotatable bonds is 17. The summed E-state index contributed by atoms with van der Waals surface area (Å²) in [7, 11) is 2.56. The molecule has 5 aromatic rings. The molecule has 4 N–H and O–H groups in total. The van der Waals surface area contributed by atoms with Crippen LogP contribution in [-0.4, -0.2) is 93.1 Å². The number of carbonyl (C=O) groups is 4. The van der Waals surface area contributed by atoms with Gasteiger partial charge in [0.05, 0.1) is 51.1 Å². The topological polar surface area (TPSA) is 175 Å². The number of H-pyrrole nitrogens is 2. The molecule has 0 aliphatic heterocycles. The number of amides is 4. The van der Waals surface area contributed by atoms with Crippen LogP contribution in [0.1, 0.15) is 66.0 Å². The van der Waals surface area contributed by atoms with Crippen molar-refractivity contribution in [1.82, 2.24) is 40.4 Å². The minimum Gasteiger partial charge on any atom is -0.453 e. The van der Waals surface area contributed by atoms with E-state index in [2.05, 4.69) is 79.1 Å². The van der Waals surface area contributed by atoms with E-state index in [1.807, 2.05) is 53.7 Å². The predicted molar refractivity (Wildman–Crippen MR) is 224 cm³/mol. The molecule has 0 saturated carbocycles. The number of nitrogens with one attached hydrogen (secondary N) is 4. The zero-order chi connectivity index (χ0) is 41.9.